The summed E-state index contributed by atoms with van der Waals surface area (Å²) in [4.78, 5) is 2.39. The Morgan fingerprint density at radius 3 is 1.79 bits per heavy atom. The zero-order valence-corrected chi connectivity index (χ0v) is 34.6. The molecule has 0 bridgehead atoms. The Morgan fingerprint density at radius 2 is 1.02 bits per heavy atom. The molecule has 1 aromatic heterocycles. The molecule has 2 heteroatoms. The molecule has 1 atom stereocenters. The first-order valence-electron chi connectivity index (χ1n) is 22.1. The monoisotopic (exact) mass is 803 g/mol. The van der Waals surface area contributed by atoms with E-state index in [2.05, 4.69) is 223 Å². The predicted molar refractivity (Wildman–Crippen MR) is 266 cm³/mol. The van der Waals surface area contributed by atoms with E-state index in [9.17, 15) is 0 Å². The Kier molecular flexibility index (Phi) is 8.14. The SMILES string of the molecule is c1ccc(N(c2ccc(C3CCc4cc5oc6ccccc6c5c(-c5ccc6c7ccccc7c7ccccc7c6c5)c4-c4ccccc43)cc2)c2cccc3ccccc23)cc1. The van der Waals surface area contributed by atoms with Crippen LogP contribution in [0.25, 0.3) is 87.3 Å². The molecule has 2 nitrogen and oxygen atoms in total. The largest absolute Gasteiger partial charge is 0.456 e. The molecule has 0 saturated heterocycles. The number of hydrogen-bond donors (Lipinski definition) is 0. The lowest BCUT2D eigenvalue weighted by Crippen LogP contribution is -2.11. The van der Waals surface area contributed by atoms with Crippen molar-refractivity contribution in [2.45, 2.75) is 18.8 Å². The third kappa shape index (κ3) is 5.65. The van der Waals surface area contributed by atoms with Gasteiger partial charge in [-0.1, -0.05) is 170 Å². The van der Waals surface area contributed by atoms with Crippen molar-refractivity contribution in [3.63, 3.8) is 0 Å². The summed E-state index contributed by atoms with van der Waals surface area (Å²) in [6.45, 7) is 0. The molecule has 0 saturated carbocycles. The maximum absolute atomic E-state index is 6.77. The predicted octanol–water partition coefficient (Wildman–Crippen LogP) is 17.1. The van der Waals surface area contributed by atoms with Gasteiger partial charge in [0.15, 0.2) is 0 Å². The fourth-order valence-electron chi connectivity index (χ4n) is 10.9. The van der Waals surface area contributed by atoms with Crippen LogP contribution in [0.2, 0.25) is 0 Å². The van der Waals surface area contributed by atoms with Crippen molar-refractivity contribution in [3.8, 4) is 22.3 Å². The molecule has 0 fully saturated rings. The second-order valence-corrected chi connectivity index (χ2v) is 17.0. The van der Waals surface area contributed by atoms with Crippen molar-refractivity contribution in [1.29, 1.82) is 0 Å². The fourth-order valence-corrected chi connectivity index (χ4v) is 10.9. The molecule has 63 heavy (non-hydrogen) atoms. The van der Waals surface area contributed by atoms with Crippen molar-refractivity contribution in [2.75, 3.05) is 4.90 Å². The second-order valence-electron chi connectivity index (χ2n) is 17.0. The maximum atomic E-state index is 6.77. The smallest absolute Gasteiger partial charge is 0.136 e. The van der Waals surface area contributed by atoms with E-state index in [-0.39, 0.29) is 5.92 Å². The summed E-state index contributed by atoms with van der Waals surface area (Å²) in [5.74, 6) is 0.202. The van der Waals surface area contributed by atoms with E-state index in [0.29, 0.717) is 0 Å². The quantitative estimate of drug-likeness (QED) is 0.161. The van der Waals surface area contributed by atoms with Gasteiger partial charge in [0.1, 0.15) is 11.2 Å². The van der Waals surface area contributed by atoms with Gasteiger partial charge >= 0.3 is 0 Å². The van der Waals surface area contributed by atoms with Crippen molar-refractivity contribution in [3.05, 3.63) is 235 Å². The van der Waals surface area contributed by atoms with Crippen LogP contribution in [0, 0.1) is 0 Å². The lowest BCUT2D eigenvalue weighted by atomic mass is 9.83. The summed E-state index contributed by atoms with van der Waals surface area (Å²) in [7, 11) is 0. The van der Waals surface area contributed by atoms with Gasteiger partial charge < -0.3 is 9.32 Å². The van der Waals surface area contributed by atoms with E-state index >= 15 is 0 Å². The minimum atomic E-state index is 0.202. The summed E-state index contributed by atoms with van der Waals surface area (Å²) >= 11 is 0. The summed E-state index contributed by atoms with van der Waals surface area (Å²) in [6.07, 6.45) is 1.90. The number of rotatable bonds is 5. The average molecular weight is 804 g/mol. The van der Waals surface area contributed by atoms with E-state index < -0.39 is 0 Å². The first kappa shape index (κ1) is 35.8. The van der Waals surface area contributed by atoms with Gasteiger partial charge in [-0.3, -0.25) is 0 Å². The van der Waals surface area contributed by atoms with Crippen LogP contribution >= 0.6 is 0 Å². The standard InChI is InChI=1S/C61H41NO/c1-2-17-43(18-3-1)62(56-27-14-16-39-15-4-5-19-46(39)56)44-33-29-40(30-34-44)45-35-31-42-38-58-61(54-26-12-13-28-57(54)63-58)60(59(42)53-25-11-10-20-47(45)53)41-32-36-52-50-23-7-6-21-48(50)49-22-8-9-24-51(49)55(52)37-41/h1-30,32-34,36-38,45H,31,35H2. The lowest BCUT2D eigenvalue weighted by molar-refractivity contribution is 0.667. The molecular formula is C61H41NO. The highest BCUT2D eigenvalue weighted by Crippen LogP contribution is 2.51. The van der Waals surface area contributed by atoms with Crippen molar-refractivity contribution < 1.29 is 4.42 Å². The molecule has 296 valence electrons. The maximum Gasteiger partial charge on any atom is 0.136 e. The number of hydrogen-bond acceptors (Lipinski definition) is 2. The molecule has 0 N–H and O–H groups in total. The van der Waals surface area contributed by atoms with E-state index in [0.717, 1.165) is 40.8 Å². The number of anilines is 3. The third-order valence-electron chi connectivity index (χ3n) is 13.7. The Hall–Kier alpha value is -7.94. The van der Waals surface area contributed by atoms with Gasteiger partial charge in [-0.05, 0) is 132 Å². The molecule has 1 heterocycles. The van der Waals surface area contributed by atoms with Gasteiger partial charge in [0.05, 0.1) is 5.69 Å². The first-order chi connectivity index (χ1) is 31.3. The summed E-state index contributed by atoms with van der Waals surface area (Å²) < 4.78 is 6.77. The van der Waals surface area contributed by atoms with Gasteiger partial charge in [-0.25, -0.2) is 0 Å². The highest BCUT2D eigenvalue weighted by molar-refractivity contribution is 6.26. The zero-order valence-electron chi connectivity index (χ0n) is 34.6. The van der Waals surface area contributed by atoms with E-state index in [1.807, 2.05) is 0 Å². The molecule has 0 spiro atoms. The molecule has 1 unspecified atom stereocenters. The summed E-state index contributed by atoms with van der Waals surface area (Å²) in [5, 5.41) is 12.5. The fraction of sp³-hybridized carbons (Fsp3) is 0.0492. The van der Waals surface area contributed by atoms with E-state index in [1.54, 1.807) is 0 Å². The van der Waals surface area contributed by atoms with Crippen LogP contribution in [-0.4, -0.2) is 0 Å². The molecule has 0 aliphatic heterocycles. The van der Waals surface area contributed by atoms with Crippen molar-refractivity contribution in [1.82, 2.24) is 0 Å². The van der Waals surface area contributed by atoms with Crippen LogP contribution in [0.4, 0.5) is 17.1 Å². The van der Waals surface area contributed by atoms with Crippen molar-refractivity contribution >= 4 is 82.1 Å². The zero-order chi connectivity index (χ0) is 41.4. The van der Waals surface area contributed by atoms with Gasteiger partial charge in [0, 0.05) is 39.0 Å². The Morgan fingerprint density at radius 1 is 0.413 bits per heavy atom. The van der Waals surface area contributed by atoms with Gasteiger partial charge in [0.2, 0.25) is 0 Å². The molecule has 1 aliphatic carbocycles. The molecule has 0 amide bonds. The normalized spacial score (nSPS) is 13.7. The number of nitrogens with zero attached hydrogens (tertiary/aromatic N) is 1. The summed E-state index contributed by atoms with van der Waals surface area (Å²) in [5.41, 5.74) is 14.4. The highest BCUT2D eigenvalue weighted by Gasteiger charge is 2.29. The second kappa shape index (κ2) is 14.3. The first-order valence-corrected chi connectivity index (χ1v) is 22.1. The molecule has 11 aromatic carbocycles. The van der Waals surface area contributed by atoms with Gasteiger partial charge in [-0.2, -0.15) is 0 Å². The molecule has 13 rings (SSSR count). The third-order valence-corrected chi connectivity index (χ3v) is 13.7. The number of furan rings is 1. The van der Waals surface area contributed by atoms with E-state index in [4.69, 9.17) is 4.42 Å². The number of fused-ring (bicyclic) bond motifs is 13. The minimum Gasteiger partial charge on any atom is -0.456 e. The molecular weight excluding hydrogens is 763 g/mol. The number of benzene rings is 11. The Balaban J connectivity index is 0.999. The van der Waals surface area contributed by atoms with Crippen LogP contribution in [0.15, 0.2) is 223 Å². The van der Waals surface area contributed by atoms with Crippen molar-refractivity contribution in [2.24, 2.45) is 0 Å². The number of aryl methyl sites for hydroxylation is 1. The van der Waals surface area contributed by atoms with Crippen LogP contribution in [0.1, 0.15) is 29.0 Å². The Bertz CT molecular complexity index is 3710. The van der Waals surface area contributed by atoms with Gasteiger partial charge in [-0.15, -0.1) is 0 Å². The highest BCUT2D eigenvalue weighted by atomic mass is 16.3. The summed E-state index contributed by atoms with van der Waals surface area (Å²) in [6, 6.07) is 80.4. The van der Waals surface area contributed by atoms with Crippen LogP contribution < -0.4 is 4.90 Å². The van der Waals surface area contributed by atoms with Gasteiger partial charge in [0.25, 0.3) is 0 Å². The topological polar surface area (TPSA) is 16.4 Å². The number of para-hydroxylation sites is 2. The average Bonchev–Trinajstić information content (AvgIpc) is 3.64. The molecule has 12 aromatic rings. The van der Waals surface area contributed by atoms with Crippen LogP contribution in [0.3, 0.4) is 0 Å². The molecule has 1 aliphatic rings. The van der Waals surface area contributed by atoms with Crippen LogP contribution in [0.5, 0.6) is 0 Å². The Labute approximate surface area is 365 Å². The lowest BCUT2D eigenvalue weighted by Gasteiger charge is -2.27. The molecule has 0 radical (unpaired) electrons. The van der Waals surface area contributed by atoms with Crippen LogP contribution in [-0.2, 0) is 6.42 Å². The van der Waals surface area contributed by atoms with E-state index in [1.165, 1.54) is 93.1 Å². The minimum absolute atomic E-state index is 0.202.